The van der Waals surface area contributed by atoms with E-state index < -0.39 is 0 Å². The van der Waals surface area contributed by atoms with Gasteiger partial charge in [-0.25, -0.2) is 0 Å². The molecule has 1 aromatic carbocycles. The molecule has 0 atom stereocenters. The Labute approximate surface area is 140 Å². The number of halogens is 1. The Morgan fingerprint density at radius 1 is 1.29 bits per heavy atom. The highest BCUT2D eigenvalue weighted by Gasteiger charge is 2.17. The maximum absolute atomic E-state index is 12.3. The minimum absolute atomic E-state index is 0.251. The number of aryl methyl sites for hydroxylation is 1. The molecular formula is C13H14IN3O3S. The van der Waals surface area contributed by atoms with Gasteiger partial charge in [0.1, 0.15) is 5.01 Å². The Morgan fingerprint density at radius 2 is 1.95 bits per heavy atom. The van der Waals surface area contributed by atoms with Crippen LogP contribution < -0.4 is 14.8 Å². The molecule has 1 N–H and O–H groups in total. The third-order valence-corrected chi connectivity index (χ3v) is 4.58. The number of ether oxygens (including phenoxy) is 2. The summed E-state index contributed by atoms with van der Waals surface area (Å²) in [6.07, 6.45) is 0.793. The molecule has 0 aliphatic heterocycles. The van der Waals surface area contributed by atoms with Gasteiger partial charge in [-0.3, -0.25) is 10.1 Å². The third-order valence-electron chi connectivity index (χ3n) is 2.71. The number of nitrogens with zero attached hydrogens (tertiary/aromatic N) is 2. The SMILES string of the molecule is CCc1nnc(NC(=O)c2cc(OC)c(OC)cc2I)s1. The van der Waals surface area contributed by atoms with E-state index in [9.17, 15) is 4.79 Å². The fraction of sp³-hybridized carbons (Fsp3) is 0.308. The second-order valence-electron chi connectivity index (χ2n) is 4.00. The monoisotopic (exact) mass is 419 g/mol. The molecule has 0 radical (unpaired) electrons. The molecule has 0 aliphatic carbocycles. The zero-order valence-corrected chi connectivity index (χ0v) is 14.7. The van der Waals surface area contributed by atoms with E-state index in [1.54, 1.807) is 19.2 Å². The molecule has 6 nitrogen and oxygen atoms in total. The number of carbonyl (C=O) groups is 1. The van der Waals surface area contributed by atoms with Gasteiger partial charge in [0, 0.05) is 3.57 Å². The molecule has 2 aromatic rings. The van der Waals surface area contributed by atoms with Crippen LogP contribution in [0.5, 0.6) is 11.5 Å². The fourth-order valence-electron chi connectivity index (χ4n) is 1.64. The van der Waals surface area contributed by atoms with Crippen LogP contribution in [0.25, 0.3) is 0 Å². The zero-order valence-electron chi connectivity index (χ0n) is 11.8. The van der Waals surface area contributed by atoms with Gasteiger partial charge in [0.2, 0.25) is 5.13 Å². The van der Waals surface area contributed by atoms with Crippen molar-refractivity contribution < 1.29 is 14.3 Å². The quantitative estimate of drug-likeness (QED) is 0.755. The lowest BCUT2D eigenvalue weighted by Gasteiger charge is -2.11. The van der Waals surface area contributed by atoms with E-state index >= 15 is 0 Å². The number of hydrogen-bond acceptors (Lipinski definition) is 6. The first-order chi connectivity index (χ1) is 10.1. The lowest BCUT2D eigenvalue weighted by molar-refractivity contribution is 0.102. The number of nitrogens with one attached hydrogen (secondary N) is 1. The predicted octanol–water partition coefficient (Wildman–Crippen LogP) is 2.97. The summed E-state index contributed by atoms with van der Waals surface area (Å²) < 4.78 is 11.2. The number of rotatable bonds is 5. The lowest BCUT2D eigenvalue weighted by atomic mass is 10.2. The molecule has 0 saturated heterocycles. The second kappa shape index (κ2) is 7.03. The van der Waals surface area contributed by atoms with Gasteiger partial charge in [-0.2, -0.15) is 0 Å². The van der Waals surface area contributed by atoms with Gasteiger partial charge < -0.3 is 9.47 Å². The average molecular weight is 419 g/mol. The van der Waals surface area contributed by atoms with Crippen LogP contribution in [0.2, 0.25) is 0 Å². The van der Waals surface area contributed by atoms with Crippen molar-refractivity contribution in [2.24, 2.45) is 0 Å². The van der Waals surface area contributed by atoms with E-state index in [1.807, 2.05) is 6.92 Å². The molecule has 0 fully saturated rings. The summed E-state index contributed by atoms with van der Waals surface area (Å²) in [6.45, 7) is 1.99. The standard InChI is InChI=1S/C13H14IN3O3S/c1-4-11-16-17-13(21-11)15-12(18)7-5-9(19-2)10(20-3)6-8(7)14/h5-6H,4H2,1-3H3,(H,15,17,18). The molecule has 8 heteroatoms. The molecule has 1 heterocycles. The first-order valence-electron chi connectivity index (χ1n) is 6.14. The Kier molecular flexibility index (Phi) is 5.34. The van der Waals surface area contributed by atoms with Crippen LogP contribution in [0, 0.1) is 3.57 Å². The maximum Gasteiger partial charge on any atom is 0.258 e. The van der Waals surface area contributed by atoms with Gasteiger partial charge in [-0.1, -0.05) is 18.3 Å². The van der Waals surface area contributed by atoms with Crippen LogP contribution >= 0.6 is 33.9 Å². The molecule has 2 rings (SSSR count). The van der Waals surface area contributed by atoms with Gasteiger partial charge in [-0.15, -0.1) is 10.2 Å². The van der Waals surface area contributed by atoms with Crippen molar-refractivity contribution in [3.63, 3.8) is 0 Å². The van der Waals surface area contributed by atoms with Crippen LogP contribution in [-0.4, -0.2) is 30.3 Å². The van der Waals surface area contributed by atoms with Crippen molar-refractivity contribution in [1.29, 1.82) is 0 Å². The number of methoxy groups -OCH3 is 2. The van der Waals surface area contributed by atoms with Crippen molar-refractivity contribution in [3.8, 4) is 11.5 Å². The number of hydrogen-bond donors (Lipinski definition) is 1. The first kappa shape index (κ1) is 16.0. The fourth-order valence-corrected chi connectivity index (χ4v) is 3.00. The number of aromatic nitrogens is 2. The summed E-state index contributed by atoms with van der Waals surface area (Å²) >= 11 is 3.45. The number of anilines is 1. The molecule has 0 bridgehead atoms. The minimum atomic E-state index is -0.251. The van der Waals surface area contributed by atoms with Gasteiger partial charge in [0.15, 0.2) is 11.5 Å². The van der Waals surface area contributed by atoms with E-state index in [0.717, 1.165) is 15.0 Å². The summed E-state index contributed by atoms with van der Waals surface area (Å²) in [5, 5.41) is 12.0. The highest BCUT2D eigenvalue weighted by molar-refractivity contribution is 14.1. The molecule has 21 heavy (non-hydrogen) atoms. The summed E-state index contributed by atoms with van der Waals surface area (Å²) in [7, 11) is 3.09. The highest BCUT2D eigenvalue weighted by Crippen LogP contribution is 2.31. The van der Waals surface area contributed by atoms with Crippen LogP contribution in [0.15, 0.2) is 12.1 Å². The molecule has 0 spiro atoms. The minimum Gasteiger partial charge on any atom is -0.493 e. The number of benzene rings is 1. The maximum atomic E-state index is 12.3. The normalized spacial score (nSPS) is 10.3. The summed E-state index contributed by atoms with van der Waals surface area (Å²) in [5.41, 5.74) is 0.501. The summed E-state index contributed by atoms with van der Waals surface area (Å²) in [6, 6.07) is 3.41. The molecule has 0 aliphatic rings. The summed E-state index contributed by atoms with van der Waals surface area (Å²) in [5.74, 6) is 0.844. The van der Waals surface area contributed by atoms with E-state index in [0.29, 0.717) is 22.2 Å². The van der Waals surface area contributed by atoms with Crippen molar-refractivity contribution in [2.75, 3.05) is 19.5 Å². The summed E-state index contributed by atoms with van der Waals surface area (Å²) in [4.78, 5) is 12.3. The molecule has 112 valence electrons. The lowest BCUT2D eigenvalue weighted by Crippen LogP contribution is -2.13. The topological polar surface area (TPSA) is 73.3 Å². The zero-order chi connectivity index (χ0) is 15.4. The Bertz CT molecular complexity index is 660. The molecular weight excluding hydrogens is 405 g/mol. The van der Waals surface area contributed by atoms with Crippen molar-refractivity contribution in [3.05, 3.63) is 26.3 Å². The van der Waals surface area contributed by atoms with Crippen LogP contribution in [-0.2, 0) is 6.42 Å². The van der Waals surface area contributed by atoms with Gasteiger partial charge in [0.05, 0.1) is 19.8 Å². The van der Waals surface area contributed by atoms with Gasteiger partial charge >= 0.3 is 0 Å². The molecule has 0 saturated carbocycles. The van der Waals surface area contributed by atoms with Gasteiger partial charge in [0.25, 0.3) is 5.91 Å². The Morgan fingerprint density at radius 3 is 2.52 bits per heavy atom. The first-order valence-corrected chi connectivity index (χ1v) is 8.03. The average Bonchev–Trinajstić information content (AvgIpc) is 2.94. The Balaban J connectivity index is 2.26. The molecule has 0 unspecified atom stereocenters. The van der Waals surface area contributed by atoms with E-state index in [4.69, 9.17) is 9.47 Å². The van der Waals surface area contributed by atoms with E-state index in [2.05, 4.69) is 38.1 Å². The largest absolute Gasteiger partial charge is 0.493 e. The number of carbonyl (C=O) groups excluding carboxylic acids is 1. The Hall–Kier alpha value is -1.42. The van der Waals surface area contributed by atoms with E-state index in [1.165, 1.54) is 18.4 Å². The predicted molar refractivity (Wildman–Crippen MR) is 89.5 cm³/mol. The third kappa shape index (κ3) is 3.62. The van der Waals surface area contributed by atoms with Crippen molar-refractivity contribution >= 4 is 45.0 Å². The molecule has 1 amide bonds. The second-order valence-corrected chi connectivity index (χ2v) is 6.22. The van der Waals surface area contributed by atoms with Crippen LogP contribution in [0.4, 0.5) is 5.13 Å². The van der Waals surface area contributed by atoms with E-state index in [-0.39, 0.29) is 5.91 Å². The highest BCUT2D eigenvalue weighted by atomic mass is 127. The number of amides is 1. The van der Waals surface area contributed by atoms with Crippen LogP contribution in [0.1, 0.15) is 22.3 Å². The van der Waals surface area contributed by atoms with Crippen molar-refractivity contribution in [1.82, 2.24) is 10.2 Å². The van der Waals surface area contributed by atoms with Crippen LogP contribution in [0.3, 0.4) is 0 Å². The van der Waals surface area contributed by atoms with Crippen molar-refractivity contribution in [2.45, 2.75) is 13.3 Å². The smallest absolute Gasteiger partial charge is 0.258 e. The van der Waals surface area contributed by atoms with Gasteiger partial charge in [-0.05, 0) is 41.1 Å². The molecule has 1 aromatic heterocycles.